The van der Waals surface area contributed by atoms with Crippen LogP contribution in [0.4, 0.5) is 0 Å². The number of hydrogen-bond donors (Lipinski definition) is 1. The summed E-state index contributed by atoms with van der Waals surface area (Å²) in [7, 11) is 0. The van der Waals surface area contributed by atoms with Crippen molar-refractivity contribution < 1.29 is 9.90 Å². The molecular weight excluding hydrogens is 357 g/mol. The predicted octanol–water partition coefficient (Wildman–Crippen LogP) is 2.09. The molecule has 2 aromatic heterocycles. The molecule has 3 rings (SSSR count). The van der Waals surface area contributed by atoms with Crippen LogP contribution in [0, 0.1) is 24.2 Å². The topological polar surface area (TPSA) is 86.9 Å². The van der Waals surface area contributed by atoms with Gasteiger partial charge in [-0.2, -0.15) is 0 Å². The van der Waals surface area contributed by atoms with Gasteiger partial charge in [0, 0.05) is 0 Å². The van der Waals surface area contributed by atoms with Crippen LogP contribution in [-0.4, -0.2) is 35.5 Å². The molecule has 0 aliphatic heterocycles. The quantitative estimate of drug-likeness (QED) is 0.836. The first-order chi connectivity index (χ1) is 11.1. The molecule has 0 saturated heterocycles. The van der Waals surface area contributed by atoms with Gasteiger partial charge in [0.25, 0.3) is 0 Å². The van der Waals surface area contributed by atoms with E-state index in [1.165, 1.54) is 0 Å². The van der Waals surface area contributed by atoms with Crippen LogP contribution in [0.1, 0.15) is 25.1 Å². The van der Waals surface area contributed by atoms with Crippen molar-refractivity contribution in [1.82, 2.24) is 9.97 Å². The Morgan fingerprint density at radius 1 is 1.39 bits per heavy atom. The third-order valence-electron chi connectivity index (χ3n) is 3.91. The number of nitrogens with zero attached hydrogens (tertiary/aromatic N) is 3. The van der Waals surface area contributed by atoms with Gasteiger partial charge >= 0.3 is 139 Å². The zero-order valence-electron chi connectivity index (χ0n) is 12.3. The summed E-state index contributed by atoms with van der Waals surface area (Å²) in [4.78, 5) is 20.0. The monoisotopic (exact) mass is 371 g/mol. The molecule has 0 radical (unpaired) electrons. The average Bonchev–Trinajstić information content (AvgIpc) is 2.98. The number of carboxylic acid groups (broad SMARTS) is 1. The second-order valence-electron chi connectivity index (χ2n) is 5.19. The summed E-state index contributed by atoms with van der Waals surface area (Å²) in [5, 5.41) is 19.0. The molecule has 2 aromatic rings. The van der Waals surface area contributed by atoms with E-state index in [4.69, 9.17) is 0 Å². The Morgan fingerprint density at radius 2 is 2.13 bits per heavy atom. The third kappa shape index (κ3) is 2.44. The molecule has 2 heterocycles. The van der Waals surface area contributed by atoms with Crippen molar-refractivity contribution in [3.63, 3.8) is 0 Å². The van der Waals surface area contributed by atoms with E-state index in [0.717, 1.165) is 10.1 Å². The number of allylic oxidation sites excluding steroid dienone is 4. The molecule has 0 aromatic carbocycles. The van der Waals surface area contributed by atoms with E-state index in [2.05, 4.69) is 16.0 Å². The molecule has 0 saturated carbocycles. The van der Waals surface area contributed by atoms with Gasteiger partial charge in [0.2, 0.25) is 0 Å². The molecule has 6 heteroatoms. The van der Waals surface area contributed by atoms with E-state index in [9.17, 15) is 15.2 Å². The summed E-state index contributed by atoms with van der Waals surface area (Å²) in [5.74, 6) is -1.37. The Bertz CT molecular complexity index is 848. The van der Waals surface area contributed by atoms with Gasteiger partial charge in [0.05, 0.1) is 0 Å². The number of hydrogen-bond acceptors (Lipinski definition) is 4. The third-order valence-corrected chi connectivity index (χ3v) is 6.63. The van der Waals surface area contributed by atoms with Crippen molar-refractivity contribution >= 4 is 20.5 Å². The second-order valence-corrected chi connectivity index (χ2v) is 7.29. The fourth-order valence-electron chi connectivity index (χ4n) is 2.79. The first-order valence-electron chi connectivity index (χ1n) is 6.97. The molecule has 1 N–H and O–H groups in total. The molecule has 0 bridgehead atoms. The number of rotatable bonds is 3. The van der Waals surface area contributed by atoms with Crippen molar-refractivity contribution in [1.29, 1.82) is 5.26 Å². The van der Waals surface area contributed by atoms with Gasteiger partial charge in [-0.15, -0.1) is 0 Å². The fourth-order valence-corrected chi connectivity index (χ4v) is 5.17. The zero-order valence-corrected chi connectivity index (χ0v) is 14.0. The number of carbonyl (C=O) groups is 1. The molecule has 2 unspecified atom stereocenters. The maximum absolute atomic E-state index is 11.4. The van der Waals surface area contributed by atoms with Crippen molar-refractivity contribution in [3.05, 3.63) is 69.1 Å². The summed E-state index contributed by atoms with van der Waals surface area (Å²) >= 11 is -0.427. The summed E-state index contributed by atoms with van der Waals surface area (Å²) < 4.78 is 1.10. The Labute approximate surface area is 139 Å². The van der Waals surface area contributed by atoms with Gasteiger partial charge in [-0.3, -0.25) is 0 Å². The molecule has 1 aliphatic carbocycles. The van der Waals surface area contributed by atoms with Crippen molar-refractivity contribution in [2.45, 2.75) is 12.3 Å². The van der Waals surface area contributed by atoms with E-state index in [1.54, 1.807) is 19.3 Å². The van der Waals surface area contributed by atoms with Gasteiger partial charge in [0.1, 0.15) is 0 Å². The van der Waals surface area contributed by atoms with E-state index < -0.39 is 31.8 Å². The van der Waals surface area contributed by atoms with Crippen LogP contribution in [0.3, 0.4) is 0 Å². The van der Waals surface area contributed by atoms with Crippen molar-refractivity contribution in [2.75, 3.05) is 0 Å². The van der Waals surface area contributed by atoms with E-state index in [-0.39, 0.29) is 0 Å². The van der Waals surface area contributed by atoms with E-state index in [1.807, 2.05) is 36.4 Å². The summed E-state index contributed by atoms with van der Waals surface area (Å²) in [6, 6.07) is 6.06. The normalized spacial score (nSPS) is 22.7. The van der Waals surface area contributed by atoms with Crippen LogP contribution >= 0.6 is 0 Å². The standard InChI is InChI=1S/C17H13N3O2Se/c1-11-14(15(21)22)23-16(20-11)17(12-5-8-19-9-6-12)7-3-2-4-13(17)10-18/h2-9,13H,1H3,(H,21,22). The van der Waals surface area contributed by atoms with Crippen LogP contribution in [-0.2, 0) is 5.41 Å². The number of aromatic nitrogens is 2. The van der Waals surface area contributed by atoms with Gasteiger partial charge in [0.15, 0.2) is 0 Å². The van der Waals surface area contributed by atoms with Gasteiger partial charge in [-0.1, -0.05) is 0 Å². The van der Waals surface area contributed by atoms with Crippen LogP contribution in [0.5, 0.6) is 0 Å². The number of aryl methyl sites for hydroxylation is 1. The van der Waals surface area contributed by atoms with Crippen molar-refractivity contribution in [3.8, 4) is 6.07 Å². The SMILES string of the molecule is Cc1nc(C2(c3ccncc3)C=CC=CC2C#N)[se]c1C(=O)O. The Morgan fingerprint density at radius 3 is 2.74 bits per heavy atom. The number of aromatic carboxylic acids is 1. The van der Waals surface area contributed by atoms with Gasteiger partial charge < -0.3 is 0 Å². The summed E-state index contributed by atoms with van der Waals surface area (Å²) in [5.41, 5.74) is 0.700. The van der Waals surface area contributed by atoms with Crippen LogP contribution in [0.2, 0.25) is 0 Å². The molecule has 1 aliphatic rings. The molecule has 0 amide bonds. The number of pyridine rings is 1. The molecule has 0 fully saturated rings. The van der Waals surface area contributed by atoms with E-state index >= 15 is 0 Å². The van der Waals surface area contributed by atoms with E-state index in [0.29, 0.717) is 10.1 Å². The molecule has 23 heavy (non-hydrogen) atoms. The molecule has 114 valence electrons. The summed E-state index contributed by atoms with van der Waals surface area (Å²) in [6.45, 7) is 1.71. The number of nitriles is 1. The molecule has 5 nitrogen and oxygen atoms in total. The molecule has 2 atom stereocenters. The first-order valence-corrected chi connectivity index (χ1v) is 8.68. The Kier molecular flexibility index (Phi) is 3.99. The Balaban J connectivity index is 2.28. The predicted molar refractivity (Wildman–Crippen MR) is 85.3 cm³/mol. The summed E-state index contributed by atoms with van der Waals surface area (Å²) in [6.07, 6.45) is 10.9. The molecular formula is C17H13N3O2Se. The van der Waals surface area contributed by atoms with Crippen molar-refractivity contribution in [2.24, 2.45) is 5.92 Å². The minimum absolute atomic E-state index is 0.348. The average molecular weight is 370 g/mol. The Hall–Kier alpha value is -2.48. The second kappa shape index (κ2) is 5.96. The van der Waals surface area contributed by atoms with Gasteiger partial charge in [-0.05, 0) is 0 Å². The van der Waals surface area contributed by atoms with Crippen LogP contribution in [0.25, 0.3) is 0 Å². The minimum atomic E-state index is -0.935. The maximum atomic E-state index is 11.4. The van der Waals surface area contributed by atoms with Crippen LogP contribution < -0.4 is 0 Å². The number of carboxylic acids is 1. The van der Waals surface area contributed by atoms with Gasteiger partial charge in [-0.25, -0.2) is 0 Å². The van der Waals surface area contributed by atoms with Crippen LogP contribution in [0.15, 0.2) is 48.8 Å². The zero-order chi connectivity index (χ0) is 16.4. The first kappa shape index (κ1) is 15.4. The molecule has 0 spiro atoms. The fraction of sp³-hybridized carbons (Fsp3) is 0.176.